The molecule has 0 aromatic heterocycles. The van der Waals surface area contributed by atoms with Crippen molar-refractivity contribution in [2.75, 3.05) is 19.6 Å². The molecule has 0 saturated heterocycles. The van der Waals surface area contributed by atoms with Gasteiger partial charge in [0.05, 0.1) is 12.6 Å². The van der Waals surface area contributed by atoms with Crippen LogP contribution in [0.3, 0.4) is 0 Å². The van der Waals surface area contributed by atoms with E-state index < -0.39 is 6.10 Å². The Hall–Kier alpha value is -0.910. The van der Waals surface area contributed by atoms with Gasteiger partial charge in [0.25, 0.3) is 0 Å². The number of amides is 1. The summed E-state index contributed by atoms with van der Waals surface area (Å²) in [6.07, 6.45) is -0.615. The Morgan fingerprint density at radius 1 is 1.37 bits per heavy atom. The smallest absolute Gasteiger partial charge is 0.233 e. The van der Waals surface area contributed by atoms with E-state index in [1.165, 1.54) is 0 Å². The maximum atomic E-state index is 11.5. The number of benzene rings is 1. The van der Waals surface area contributed by atoms with Crippen LogP contribution in [0.4, 0.5) is 0 Å². The quantitative estimate of drug-likeness (QED) is 0.715. The lowest BCUT2D eigenvalue weighted by Crippen LogP contribution is -2.37. The maximum absolute atomic E-state index is 11.5. The molecule has 1 rings (SSSR count). The molecule has 0 spiro atoms. The average molecular weight is 329 g/mol. The summed E-state index contributed by atoms with van der Waals surface area (Å²) in [6.45, 7) is 5.34. The number of hydrogen-bond donors (Lipinski definition) is 3. The Bertz CT molecular complexity index is 410. The topological polar surface area (TPSA) is 61.4 Å². The van der Waals surface area contributed by atoms with Crippen LogP contribution in [0.15, 0.2) is 28.7 Å². The number of aliphatic hydroxyl groups is 1. The molecule has 0 aliphatic carbocycles. The zero-order valence-electron chi connectivity index (χ0n) is 11.3. The summed E-state index contributed by atoms with van der Waals surface area (Å²) in [5.74, 6) is 0.395. The predicted octanol–water partition coefficient (Wildman–Crippen LogP) is 1.84. The number of hydrogen-bond acceptors (Lipinski definition) is 3. The van der Waals surface area contributed by atoms with Crippen molar-refractivity contribution in [3.63, 3.8) is 0 Å². The molecule has 0 saturated carbocycles. The van der Waals surface area contributed by atoms with Crippen LogP contribution >= 0.6 is 15.9 Å². The third kappa shape index (κ3) is 6.71. The molecule has 0 fully saturated rings. The van der Waals surface area contributed by atoms with E-state index >= 15 is 0 Å². The lowest BCUT2D eigenvalue weighted by Gasteiger charge is -2.13. The van der Waals surface area contributed by atoms with Crippen LogP contribution in [0, 0.1) is 5.92 Å². The van der Waals surface area contributed by atoms with Gasteiger partial charge >= 0.3 is 0 Å². The summed E-state index contributed by atoms with van der Waals surface area (Å²) < 4.78 is 0.929. The highest BCUT2D eigenvalue weighted by atomic mass is 79.9. The van der Waals surface area contributed by atoms with Crippen molar-refractivity contribution < 1.29 is 9.90 Å². The Morgan fingerprint density at radius 3 is 2.74 bits per heavy atom. The predicted molar refractivity (Wildman–Crippen MR) is 79.8 cm³/mol. The molecular weight excluding hydrogens is 308 g/mol. The van der Waals surface area contributed by atoms with Gasteiger partial charge in [-0.3, -0.25) is 4.79 Å². The fraction of sp³-hybridized carbons (Fsp3) is 0.500. The van der Waals surface area contributed by atoms with Gasteiger partial charge in [-0.15, -0.1) is 0 Å². The number of carbonyl (C=O) groups is 1. The minimum atomic E-state index is -0.615. The molecule has 1 unspecified atom stereocenters. The van der Waals surface area contributed by atoms with E-state index in [9.17, 15) is 9.90 Å². The molecule has 19 heavy (non-hydrogen) atoms. The highest BCUT2D eigenvalue weighted by molar-refractivity contribution is 9.10. The van der Waals surface area contributed by atoms with Crippen LogP contribution in [-0.2, 0) is 4.79 Å². The van der Waals surface area contributed by atoms with E-state index in [4.69, 9.17) is 0 Å². The second-order valence-electron chi connectivity index (χ2n) is 4.90. The summed E-state index contributed by atoms with van der Waals surface area (Å²) in [6, 6.07) is 7.50. The Balaban J connectivity index is 2.27. The van der Waals surface area contributed by atoms with Crippen molar-refractivity contribution in [1.82, 2.24) is 10.6 Å². The minimum absolute atomic E-state index is 0.0462. The lowest BCUT2D eigenvalue weighted by molar-refractivity contribution is -0.120. The third-order valence-electron chi connectivity index (χ3n) is 2.56. The van der Waals surface area contributed by atoms with Crippen molar-refractivity contribution in [2.24, 2.45) is 5.92 Å². The summed E-state index contributed by atoms with van der Waals surface area (Å²) in [4.78, 5) is 11.5. The normalized spacial score (nSPS) is 12.5. The van der Waals surface area contributed by atoms with Gasteiger partial charge in [0.15, 0.2) is 0 Å². The van der Waals surface area contributed by atoms with Crippen LogP contribution in [0.25, 0.3) is 0 Å². The van der Waals surface area contributed by atoms with E-state index in [1.54, 1.807) is 0 Å². The second-order valence-corrected chi connectivity index (χ2v) is 5.82. The zero-order chi connectivity index (χ0) is 14.3. The van der Waals surface area contributed by atoms with Gasteiger partial charge in [-0.25, -0.2) is 0 Å². The maximum Gasteiger partial charge on any atom is 0.233 e. The average Bonchev–Trinajstić information content (AvgIpc) is 2.36. The first kappa shape index (κ1) is 16.1. The lowest BCUT2D eigenvalue weighted by atomic mass is 10.1. The van der Waals surface area contributed by atoms with Crippen molar-refractivity contribution in [3.8, 4) is 0 Å². The fourth-order valence-corrected chi connectivity index (χ4v) is 1.95. The molecule has 1 amide bonds. The van der Waals surface area contributed by atoms with Crippen LogP contribution in [0.5, 0.6) is 0 Å². The van der Waals surface area contributed by atoms with Gasteiger partial charge in [0.2, 0.25) is 5.91 Å². The molecule has 0 heterocycles. The molecule has 0 aliphatic rings. The SMILES string of the molecule is CC(C)CNC(=O)CNCC(O)c1cccc(Br)c1. The molecule has 4 nitrogen and oxygen atoms in total. The van der Waals surface area contributed by atoms with E-state index in [2.05, 4.69) is 26.6 Å². The number of aliphatic hydroxyl groups excluding tert-OH is 1. The zero-order valence-corrected chi connectivity index (χ0v) is 12.9. The number of carbonyl (C=O) groups excluding carboxylic acids is 1. The molecule has 0 aliphatic heterocycles. The number of nitrogens with one attached hydrogen (secondary N) is 2. The monoisotopic (exact) mass is 328 g/mol. The molecule has 1 aromatic carbocycles. The molecule has 106 valence electrons. The van der Waals surface area contributed by atoms with Gasteiger partial charge in [-0.1, -0.05) is 41.9 Å². The third-order valence-corrected chi connectivity index (χ3v) is 3.06. The van der Waals surface area contributed by atoms with Crippen molar-refractivity contribution in [1.29, 1.82) is 0 Å². The summed E-state index contributed by atoms with van der Waals surface area (Å²) in [5.41, 5.74) is 0.824. The van der Waals surface area contributed by atoms with Crippen LogP contribution in [0.2, 0.25) is 0 Å². The van der Waals surface area contributed by atoms with Crippen LogP contribution in [0.1, 0.15) is 25.5 Å². The standard InChI is InChI=1S/C14H21BrN2O2/c1-10(2)7-17-14(19)9-16-8-13(18)11-4-3-5-12(15)6-11/h3-6,10,13,16,18H,7-9H2,1-2H3,(H,17,19). The Morgan fingerprint density at radius 2 is 2.11 bits per heavy atom. The highest BCUT2D eigenvalue weighted by Crippen LogP contribution is 2.17. The van der Waals surface area contributed by atoms with Gasteiger partial charge < -0.3 is 15.7 Å². The van der Waals surface area contributed by atoms with E-state index in [0.717, 1.165) is 10.0 Å². The van der Waals surface area contributed by atoms with Crippen molar-refractivity contribution >= 4 is 21.8 Å². The van der Waals surface area contributed by atoms with Gasteiger partial charge in [-0.2, -0.15) is 0 Å². The number of halogens is 1. The summed E-state index contributed by atoms with van der Waals surface area (Å²) in [7, 11) is 0. The number of rotatable bonds is 7. The van der Waals surface area contributed by atoms with Crippen LogP contribution < -0.4 is 10.6 Å². The van der Waals surface area contributed by atoms with E-state index in [-0.39, 0.29) is 12.5 Å². The molecule has 1 aromatic rings. The minimum Gasteiger partial charge on any atom is -0.387 e. The molecular formula is C14H21BrN2O2. The molecule has 0 bridgehead atoms. The van der Waals surface area contributed by atoms with Crippen molar-refractivity contribution in [3.05, 3.63) is 34.3 Å². The van der Waals surface area contributed by atoms with E-state index in [1.807, 2.05) is 38.1 Å². The molecule has 5 heteroatoms. The Labute approximate surface area is 122 Å². The first-order valence-electron chi connectivity index (χ1n) is 6.40. The van der Waals surface area contributed by atoms with E-state index in [0.29, 0.717) is 19.0 Å². The summed E-state index contributed by atoms with van der Waals surface area (Å²) >= 11 is 3.36. The van der Waals surface area contributed by atoms with Crippen LogP contribution in [-0.4, -0.2) is 30.6 Å². The largest absolute Gasteiger partial charge is 0.387 e. The molecule has 0 radical (unpaired) electrons. The van der Waals surface area contributed by atoms with Gasteiger partial charge in [0, 0.05) is 17.6 Å². The first-order chi connectivity index (χ1) is 8.99. The highest BCUT2D eigenvalue weighted by Gasteiger charge is 2.08. The second kappa shape index (κ2) is 8.30. The van der Waals surface area contributed by atoms with Gasteiger partial charge in [0.1, 0.15) is 0 Å². The fourth-order valence-electron chi connectivity index (χ4n) is 1.53. The van der Waals surface area contributed by atoms with Gasteiger partial charge in [-0.05, 0) is 23.6 Å². The molecule has 1 atom stereocenters. The first-order valence-corrected chi connectivity index (χ1v) is 7.19. The van der Waals surface area contributed by atoms with Crippen molar-refractivity contribution in [2.45, 2.75) is 20.0 Å². The molecule has 3 N–H and O–H groups in total. The summed E-state index contributed by atoms with van der Waals surface area (Å²) in [5, 5.41) is 15.7. The Kier molecular flexibility index (Phi) is 7.05.